The molecule has 0 aromatic rings. The van der Waals surface area contributed by atoms with Gasteiger partial charge >= 0.3 is 0 Å². The molecule has 2 aliphatic heterocycles. The molecule has 0 radical (unpaired) electrons. The zero-order chi connectivity index (χ0) is 63.8. The largest absolute Gasteiger partial charge is 0.394 e. The van der Waals surface area contributed by atoms with Crippen LogP contribution in [-0.4, -0.2) is 140 Å². The van der Waals surface area contributed by atoms with Crippen LogP contribution in [0.1, 0.15) is 361 Å². The molecule has 2 aliphatic rings. The Hall–Kier alpha value is -1.27. The number of hydrogen-bond acceptors (Lipinski definition) is 13. The van der Waals surface area contributed by atoms with Gasteiger partial charge in [0, 0.05) is 6.42 Å². The molecule has 2 rings (SSSR count). The van der Waals surface area contributed by atoms with Crippen molar-refractivity contribution in [2.24, 2.45) is 0 Å². The van der Waals surface area contributed by atoms with E-state index in [1.165, 1.54) is 295 Å². The van der Waals surface area contributed by atoms with E-state index in [0.717, 1.165) is 44.9 Å². The maximum absolute atomic E-state index is 13.3. The first kappa shape index (κ1) is 82.8. The number of nitrogens with one attached hydrogen (secondary N) is 1. The van der Waals surface area contributed by atoms with Crippen LogP contribution in [-0.2, 0) is 23.7 Å². The highest BCUT2D eigenvalue weighted by atomic mass is 16.7. The summed E-state index contributed by atoms with van der Waals surface area (Å²) in [5.41, 5.74) is 0. The van der Waals surface area contributed by atoms with Gasteiger partial charge in [-0.05, 0) is 19.3 Å². The van der Waals surface area contributed by atoms with Crippen LogP contribution < -0.4 is 5.32 Å². The Labute approximate surface area is 539 Å². The van der Waals surface area contributed by atoms with Crippen LogP contribution in [0.15, 0.2) is 12.2 Å². The van der Waals surface area contributed by atoms with Gasteiger partial charge in [-0.25, -0.2) is 0 Å². The van der Waals surface area contributed by atoms with Crippen molar-refractivity contribution in [1.29, 1.82) is 0 Å². The lowest BCUT2D eigenvalue weighted by Crippen LogP contribution is -2.65. The average Bonchev–Trinajstić information content (AvgIpc) is 1.73. The molecule has 0 saturated carbocycles. The van der Waals surface area contributed by atoms with E-state index in [0.29, 0.717) is 0 Å². The second kappa shape index (κ2) is 59.5. The topological polar surface area (TPSA) is 228 Å². The standard InChI is InChI=1S/C74H143NO13/c1-3-5-7-9-11-13-15-17-19-21-23-25-26-27-28-29-30-31-32-33-34-35-36-37-38-40-42-44-46-48-50-52-54-56-58-66(79)75-62(63(78)57-55-53-51-49-47-45-43-41-39-24-22-20-18-16-14-12-10-8-6-4-2)61-85-73-71(84)69(82)72(65(60-77)87-73)88-74-70(83)68(81)67(80)64(59-76)86-74/h55,57,62-65,67-74,76-78,80-84H,3-54,56,58-61H2,1-2H3,(H,75,79)/b57-55+. The molecule has 12 unspecified atom stereocenters. The van der Waals surface area contributed by atoms with E-state index < -0.39 is 86.8 Å². The summed E-state index contributed by atoms with van der Waals surface area (Å²) < 4.78 is 22.9. The lowest BCUT2D eigenvalue weighted by Gasteiger charge is -2.46. The molecule has 12 atom stereocenters. The van der Waals surface area contributed by atoms with Gasteiger partial charge in [0.1, 0.15) is 48.8 Å². The van der Waals surface area contributed by atoms with Gasteiger partial charge in [0.15, 0.2) is 12.6 Å². The minimum atomic E-state index is -1.79. The molecular weight excluding hydrogens is 1110 g/mol. The second-order valence-electron chi connectivity index (χ2n) is 27.1. The Kier molecular flexibility index (Phi) is 56.0. The molecule has 14 nitrogen and oxygen atoms in total. The normalized spacial score (nSPS) is 23.1. The minimum Gasteiger partial charge on any atom is -0.394 e. The third-order valence-electron chi connectivity index (χ3n) is 19.0. The molecule has 1 amide bonds. The predicted octanol–water partition coefficient (Wildman–Crippen LogP) is 16.1. The first-order valence-electron chi connectivity index (χ1n) is 37.9. The molecule has 522 valence electrons. The van der Waals surface area contributed by atoms with Crippen LogP contribution in [0.2, 0.25) is 0 Å². The summed E-state index contributed by atoms with van der Waals surface area (Å²) in [5, 5.41) is 87.5. The van der Waals surface area contributed by atoms with Gasteiger partial charge in [-0.15, -0.1) is 0 Å². The Morgan fingerprint density at radius 3 is 1.05 bits per heavy atom. The highest BCUT2D eigenvalue weighted by Gasteiger charge is 2.51. The molecule has 0 spiro atoms. The number of amides is 1. The van der Waals surface area contributed by atoms with Crippen LogP contribution in [0.25, 0.3) is 0 Å². The summed E-state index contributed by atoms with van der Waals surface area (Å²) in [7, 11) is 0. The SMILES string of the molecule is CCCCCCCCCCCCCCCCCCCC/C=C/C(O)C(COC1OC(CO)C(OC2OC(CO)C(O)C(O)C2O)C(O)C1O)NC(=O)CCCCCCCCCCCCCCCCCCCCCCCCCCCCCCCCCCCC. The number of carbonyl (C=O) groups excluding carboxylic acids is 1. The first-order valence-corrected chi connectivity index (χ1v) is 37.9. The van der Waals surface area contributed by atoms with E-state index >= 15 is 0 Å². The lowest BCUT2D eigenvalue weighted by atomic mass is 9.97. The molecule has 0 bridgehead atoms. The van der Waals surface area contributed by atoms with Gasteiger partial charge in [0.2, 0.25) is 5.91 Å². The van der Waals surface area contributed by atoms with Gasteiger partial charge in [-0.3, -0.25) is 4.79 Å². The van der Waals surface area contributed by atoms with Gasteiger partial charge < -0.3 is 65.1 Å². The molecular formula is C74H143NO13. The molecule has 0 aliphatic carbocycles. The predicted molar refractivity (Wildman–Crippen MR) is 360 cm³/mol. The van der Waals surface area contributed by atoms with Gasteiger partial charge in [0.25, 0.3) is 0 Å². The maximum Gasteiger partial charge on any atom is 0.220 e. The van der Waals surface area contributed by atoms with Crippen LogP contribution in [0.4, 0.5) is 0 Å². The van der Waals surface area contributed by atoms with E-state index in [1.54, 1.807) is 6.08 Å². The van der Waals surface area contributed by atoms with E-state index in [-0.39, 0.29) is 18.9 Å². The van der Waals surface area contributed by atoms with Crippen molar-refractivity contribution in [2.45, 2.75) is 434 Å². The summed E-state index contributed by atoms with van der Waals surface area (Å²) in [5.74, 6) is -0.230. The number of ether oxygens (including phenoxy) is 4. The Bertz CT molecular complexity index is 1520. The molecule has 2 saturated heterocycles. The van der Waals surface area contributed by atoms with Crippen LogP contribution in [0.3, 0.4) is 0 Å². The number of aliphatic hydroxyl groups excluding tert-OH is 8. The third kappa shape index (κ3) is 42.9. The Balaban J connectivity index is 1.60. The lowest BCUT2D eigenvalue weighted by molar-refractivity contribution is -0.359. The van der Waals surface area contributed by atoms with Crippen LogP contribution >= 0.6 is 0 Å². The zero-order valence-corrected chi connectivity index (χ0v) is 57.0. The number of carbonyl (C=O) groups is 1. The van der Waals surface area contributed by atoms with Crippen molar-refractivity contribution in [3.8, 4) is 0 Å². The molecule has 0 aromatic heterocycles. The van der Waals surface area contributed by atoms with E-state index in [2.05, 4.69) is 19.2 Å². The molecule has 9 N–H and O–H groups in total. The fourth-order valence-corrected chi connectivity index (χ4v) is 12.9. The van der Waals surface area contributed by atoms with Crippen molar-refractivity contribution in [1.82, 2.24) is 5.32 Å². The number of hydrogen-bond donors (Lipinski definition) is 9. The number of rotatable bonds is 64. The van der Waals surface area contributed by atoms with Crippen molar-refractivity contribution in [3.05, 3.63) is 12.2 Å². The fraction of sp³-hybridized carbons (Fsp3) is 0.959. The van der Waals surface area contributed by atoms with E-state index in [9.17, 15) is 45.6 Å². The number of unbranched alkanes of at least 4 members (excludes halogenated alkanes) is 51. The van der Waals surface area contributed by atoms with Crippen molar-refractivity contribution in [3.63, 3.8) is 0 Å². The van der Waals surface area contributed by atoms with E-state index in [4.69, 9.17) is 18.9 Å². The summed E-state index contributed by atoms with van der Waals surface area (Å²) in [4.78, 5) is 13.3. The highest BCUT2D eigenvalue weighted by molar-refractivity contribution is 5.76. The van der Waals surface area contributed by atoms with Crippen molar-refractivity contribution < 1.29 is 64.6 Å². The molecule has 2 heterocycles. The molecule has 14 heteroatoms. The zero-order valence-electron chi connectivity index (χ0n) is 57.0. The van der Waals surface area contributed by atoms with Crippen LogP contribution in [0, 0.1) is 0 Å². The van der Waals surface area contributed by atoms with Gasteiger partial charge in [0.05, 0.1) is 32.0 Å². The van der Waals surface area contributed by atoms with Crippen molar-refractivity contribution >= 4 is 5.91 Å². The highest BCUT2D eigenvalue weighted by Crippen LogP contribution is 2.30. The number of aliphatic hydroxyl groups is 8. The van der Waals surface area contributed by atoms with E-state index in [1.807, 2.05) is 6.08 Å². The van der Waals surface area contributed by atoms with Crippen LogP contribution in [0.5, 0.6) is 0 Å². The van der Waals surface area contributed by atoms with Gasteiger partial charge in [-0.1, -0.05) is 347 Å². The second-order valence-corrected chi connectivity index (χ2v) is 27.1. The molecule has 88 heavy (non-hydrogen) atoms. The summed E-state index contributed by atoms with van der Waals surface area (Å²) in [6.45, 7) is 2.87. The Morgan fingerprint density at radius 1 is 0.398 bits per heavy atom. The Morgan fingerprint density at radius 2 is 0.705 bits per heavy atom. The smallest absolute Gasteiger partial charge is 0.220 e. The summed E-state index contributed by atoms with van der Waals surface area (Å²) in [6, 6.07) is -0.911. The van der Waals surface area contributed by atoms with Gasteiger partial charge in [-0.2, -0.15) is 0 Å². The monoisotopic (exact) mass is 1250 g/mol. The molecule has 2 fully saturated rings. The fourth-order valence-electron chi connectivity index (χ4n) is 12.9. The quantitative estimate of drug-likeness (QED) is 0.0204. The summed E-state index contributed by atoms with van der Waals surface area (Å²) in [6.07, 6.45) is 57.2. The minimum absolute atomic E-state index is 0.230. The third-order valence-corrected chi connectivity index (χ3v) is 19.0. The van der Waals surface area contributed by atoms with Crippen molar-refractivity contribution in [2.75, 3.05) is 19.8 Å². The maximum atomic E-state index is 13.3. The summed E-state index contributed by atoms with van der Waals surface area (Å²) >= 11 is 0. The first-order chi connectivity index (χ1) is 43.1. The average molecular weight is 1250 g/mol. The number of allylic oxidation sites excluding steroid dienone is 1. The molecule has 0 aromatic carbocycles.